The van der Waals surface area contributed by atoms with Gasteiger partial charge < -0.3 is 10.1 Å². The number of amides is 1. The first-order chi connectivity index (χ1) is 9.86. The minimum Gasteiger partial charge on any atom is -0.455 e. The zero-order valence-electron chi connectivity index (χ0n) is 11.1. The average molecular weight is 295 g/mol. The van der Waals surface area contributed by atoms with Crippen molar-refractivity contribution in [2.45, 2.75) is 13.1 Å². The molecular formula is C15H12F3NO2. The Morgan fingerprint density at radius 2 is 1.76 bits per heavy atom. The van der Waals surface area contributed by atoms with Crippen LogP contribution in [-0.2, 0) is 11.0 Å². The number of alkyl halides is 3. The van der Waals surface area contributed by atoms with Gasteiger partial charge in [0.2, 0.25) is 5.91 Å². The van der Waals surface area contributed by atoms with E-state index < -0.39 is 17.6 Å². The second kappa shape index (κ2) is 5.87. The first-order valence-electron chi connectivity index (χ1n) is 6.08. The van der Waals surface area contributed by atoms with Crippen molar-refractivity contribution < 1.29 is 22.7 Å². The Labute approximate surface area is 119 Å². The van der Waals surface area contributed by atoms with E-state index in [9.17, 15) is 18.0 Å². The van der Waals surface area contributed by atoms with Crippen LogP contribution in [0.25, 0.3) is 0 Å². The Morgan fingerprint density at radius 1 is 1.10 bits per heavy atom. The summed E-state index contributed by atoms with van der Waals surface area (Å²) in [6, 6.07) is 11.5. The maximum absolute atomic E-state index is 12.7. The highest BCUT2D eigenvalue weighted by Crippen LogP contribution is 2.36. The van der Waals surface area contributed by atoms with Crippen LogP contribution in [0, 0.1) is 0 Å². The Morgan fingerprint density at radius 3 is 2.33 bits per heavy atom. The van der Waals surface area contributed by atoms with Crippen LogP contribution in [0.1, 0.15) is 12.5 Å². The van der Waals surface area contributed by atoms with Crippen molar-refractivity contribution in [2.24, 2.45) is 0 Å². The van der Waals surface area contributed by atoms with E-state index in [0.29, 0.717) is 5.75 Å². The highest BCUT2D eigenvalue weighted by Gasteiger charge is 2.31. The summed E-state index contributed by atoms with van der Waals surface area (Å²) >= 11 is 0. The fourth-order valence-corrected chi connectivity index (χ4v) is 1.70. The van der Waals surface area contributed by atoms with Crippen LogP contribution in [-0.4, -0.2) is 5.91 Å². The lowest BCUT2D eigenvalue weighted by atomic mass is 10.1. The van der Waals surface area contributed by atoms with Gasteiger partial charge in [-0.25, -0.2) is 0 Å². The fraction of sp³-hybridized carbons (Fsp3) is 0.133. The third-order valence-corrected chi connectivity index (χ3v) is 2.59. The molecule has 0 aliphatic rings. The SMILES string of the molecule is CC(=O)Nc1cc(C(F)(F)F)ccc1Oc1ccccc1. The molecule has 0 heterocycles. The zero-order chi connectivity index (χ0) is 15.5. The van der Waals surface area contributed by atoms with Gasteiger partial charge in [0.1, 0.15) is 5.75 Å². The summed E-state index contributed by atoms with van der Waals surface area (Å²) in [6.45, 7) is 1.21. The fourth-order valence-electron chi connectivity index (χ4n) is 1.70. The minimum absolute atomic E-state index is 0.0267. The number of para-hydroxylation sites is 1. The first kappa shape index (κ1) is 14.9. The molecule has 0 aromatic heterocycles. The maximum atomic E-state index is 12.7. The van der Waals surface area contributed by atoms with Crippen molar-refractivity contribution in [2.75, 3.05) is 5.32 Å². The van der Waals surface area contributed by atoms with Gasteiger partial charge >= 0.3 is 6.18 Å². The van der Waals surface area contributed by atoms with E-state index in [0.717, 1.165) is 12.1 Å². The molecule has 0 bridgehead atoms. The smallest absolute Gasteiger partial charge is 0.416 e. The van der Waals surface area contributed by atoms with E-state index in [4.69, 9.17) is 4.74 Å². The number of anilines is 1. The molecule has 2 aromatic rings. The summed E-state index contributed by atoms with van der Waals surface area (Å²) in [5.41, 5.74) is -0.882. The number of hydrogen-bond acceptors (Lipinski definition) is 2. The average Bonchev–Trinajstić information content (AvgIpc) is 2.40. The number of carbonyl (C=O) groups excluding carboxylic acids is 1. The van der Waals surface area contributed by atoms with Crippen molar-refractivity contribution in [1.82, 2.24) is 0 Å². The Kier molecular flexibility index (Phi) is 4.16. The largest absolute Gasteiger partial charge is 0.455 e. The van der Waals surface area contributed by atoms with E-state index in [2.05, 4.69) is 5.32 Å². The molecule has 110 valence electrons. The topological polar surface area (TPSA) is 38.3 Å². The Hall–Kier alpha value is -2.50. The van der Waals surface area contributed by atoms with Gasteiger partial charge in [-0.3, -0.25) is 4.79 Å². The molecule has 0 spiro atoms. The van der Waals surface area contributed by atoms with Crippen molar-refractivity contribution in [3.05, 3.63) is 54.1 Å². The van der Waals surface area contributed by atoms with Gasteiger partial charge in [-0.05, 0) is 30.3 Å². The molecule has 0 fully saturated rings. The lowest BCUT2D eigenvalue weighted by Crippen LogP contribution is -2.10. The van der Waals surface area contributed by atoms with E-state index in [1.54, 1.807) is 30.3 Å². The molecule has 2 rings (SSSR count). The number of ether oxygens (including phenoxy) is 1. The second-order valence-corrected chi connectivity index (χ2v) is 4.30. The van der Waals surface area contributed by atoms with Gasteiger partial charge in [0.25, 0.3) is 0 Å². The predicted octanol–water partition coefficient (Wildman–Crippen LogP) is 4.46. The molecule has 0 saturated heterocycles. The predicted molar refractivity (Wildman–Crippen MR) is 72.3 cm³/mol. The normalized spacial score (nSPS) is 11.0. The quantitative estimate of drug-likeness (QED) is 0.908. The Bertz CT molecular complexity index is 639. The van der Waals surface area contributed by atoms with Gasteiger partial charge in [0.15, 0.2) is 5.75 Å². The van der Waals surface area contributed by atoms with E-state index in [-0.39, 0.29) is 11.4 Å². The minimum atomic E-state index is -4.49. The van der Waals surface area contributed by atoms with E-state index in [1.165, 1.54) is 13.0 Å². The monoisotopic (exact) mass is 295 g/mol. The molecule has 0 atom stereocenters. The highest BCUT2D eigenvalue weighted by atomic mass is 19.4. The molecule has 3 nitrogen and oxygen atoms in total. The molecular weight excluding hydrogens is 283 g/mol. The first-order valence-corrected chi connectivity index (χ1v) is 6.08. The molecule has 0 radical (unpaired) electrons. The number of carbonyl (C=O) groups is 1. The van der Waals surface area contributed by atoms with Crippen molar-refractivity contribution >= 4 is 11.6 Å². The summed E-state index contributed by atoms with van der Waals surface area (Å²) in [7, 11) is 0. The van der Waals surface area contributed by atoms with Gasteiger partial charge in [0.05, 0.1) is 11.3 Å². The van der Waals surface area contributed by atoms with Crippen molar-refractivity contribution in [3.8, 4) is 11.5 Å². The molecule has 21 heavy (non-hydrogen) atoms. The van der Waals surface area contributed by atoms with Crippen LogP contribution in [0.2, 0.25) is 0 Å². The van der Waals surface area contributed by atoms with Crippen LogP contribution < -0.4 is 10.1 Å². The number of halogens is 3. The highest BCUT2D eigenvalue weighted by molar-refractivity contribution is 5.90. The molecule has 6 heteroatoms. The molecule has 1 N–H and O–H groups in total. The summed E-state index contributed by atoms with van der Waals surface area (Å²) in [4.78, 5) is 11.1. The van der Waals surface area contributed by atoms with Crippen LogP contribution in [0.5, 0.6) is 11.5 Å². The number of nitrogens with one attached hydrogen (secondary N) is 1. The van der Waals surface area contributed by atoms with Crippen LogP contribution in [0.4, 0.5) is 18.9 Å². The summed E-state index contributed by atoms with van der Waals surface area (Å²) in [6.07, 6.45) is -4.49. The second-order valence-electron chi connectivity index (χ2n) is 4.30. The lowest BCUT2D eigenvalue weighted by Gasteiger charge is -2.14. The standard InChI is InChI=1S/C15H12F3NO2/c1-10(20)19-13-9-11(15(16,17)18)7-8-14(13)21-12-5-3-2-4-6-12/h2-9H,1H3,(H,19,20). The third-order valence-electron chi connectivity index (χ3n) is 2.59. The zero-order valence-corrected chi connectivity index (χ0v) is 11.1. The number of hydrogen-bond donors (Lipinski definition) is 1. The summed E-state index contributed by atoms with van der Waals surface area (Å²) in [5, 5.41) is 2.34. The Balaban J connectivity index is 2.38. The van der Waals surface area contributed by atoms with Gasteiger partial charge in [-0.2, -0.15) is 13.2 Å². The van der Waals surface area contributed by atoms with E-state index >= 15 is 0 Å². The van der Waals surface area contributed by atoms with Gasteiger partial charge in [0, 0.05) is 6.92 Å². The molecule has 0 unspecified atom stereocenters. The van der Waals surface area contributed by atoms with Crippen molar-refractivity contribution in [1.29, 1.82) is 0 Å². The summed E-state index contributed by atoms with van der Waals surface area (Å²) < 4.78 is 43.6. The van der Waals surface area contributed by atoms with Gasteiger partial charge in [-0.1, -0.05) is 18.2 Å². The summed E-state index contributed by atoms with van der Waals surface area (Å²) in [5.74, 6) is 0.125. The maximum Gasteiger partial charge on any atom is 0.416 e. The number of benzene rings is 2. The third kappa shape index (κ3) is 3.98. The van der Waals surface area contributed by atoms with Crippen LogP contribution >= 0.6 is 0 Å². The molecule has 0 saturated carbocycles. The molecule has 2 aromatic carbocycles. The molecule has 1 amide bonds. The molecule has 0 aliphatic heterocycles. The lowest BCUT2D eigenvalue weighted by molar-refractivity contribution is -0.137. The number of rotatable bonds is 3. The molecule has 0 aliphatic carbocycles. The van der Waals surface area contributed by atoms with Crippen LogP contribution in [0.3, 0.4) is 0 Å². The van der Waals surface area contributed by atoms with Crippen molar-refractivity contribution in [3.63, 3.8) is 0 Å². The van der Waals surface area contributed by atoms with E-state index in [1.807, 2.05) is 0 Å². The van der Waals surface area contributed by atoms with Crippen LogP contribution in [0.15, 0.2) is 48.5 Å². The van der Waals surface area contributed by atoms with Gasteiger partial charge in [-0.15, -0.1) is 0 Å².